The first-order chi connectivity index (χ1) is 16.0. The Kier molecular flexibility index (Phi) is 6.90. The number of Topliss-reactive ketones (excluding diaryl/α,β-unsaturated/α-hetero) is 1. The van der Waals surface area contributed by atoms with Crippen LogP contribution in [0.25, 0.3) is 0 Å². The van der Waals surface area contributed by atoms with E-state index in [0.717, 1.165) is 11.3 Å². The van der Waals surface area contributed by atoms with E-state index in [0.29, 0.717) is 68.9 Å². The third-order valence-corrected chi connectivity index (χ3v) is 7.22. The topological polar surface area (TPSA) is 96.0 Å². The smallest absolute Gasteiger partial charge is 0.410 e. The molecule has 2 atom stereocenters. The quantitative estimate of drug-likeness (QED) is 0.649. The van der Waals surface area contributed by atoms with Gasteiger partial charge in [-0.25, -0.2) is 4.79 Å². The van der Waals surface area contributed by atoms with Crippen molar-refractivity contribution in [2.45, 2.75) is 58.5 Å². The van der Waals surface area contributed by atoms with Crippen molar-refractivity contribution in [3.63, 3.8) is 0 Å². The van der Waals surface area contributed by atoms with Crippen LogP contribution in [0.4, 0.5) is 10.5 Å². The molecule has 0 radical (unpaired) electrons. The van der Waals surface area contributed by atoms with Crippen LogP contribution in [0.5, 0.6) is 0 Å². The van der Waals surface area contributed by atoms with E-state index in [9.17, 15) is 19.2 Å². The number of benzene rings is 1. The molecule has 2 saturated heterocycles. The van der Waals surface area contributed by atoms with Gasteiger partial charge in [0.25, 0.3) is 0 Å². The number of nitrogens with one attached hydrogen (secondary N) is 1. The first-order valence-electron chi connectivity index (χ1n) is 12.0. The number of nitrogens with zero attached hydrogens (tertiary/aromatic N) is 2. The van der Waals surface area contributed by atoms with Gasteiger partial charge in [-0.15, -0.1) is 0 Å². The summed E-state index contributed by atoms with van der Waals surface area (Å²) in [5.74, 6) is -0.800. The SMILES string of the molecule is CC(C)(C)OC(=O)N1CCN(c2ccc3c(c2Cl)CC(CCC2CCC(=O)NC2=O)C3=O)CC1. The van der Waals surface area contributed by atoms with Gasteiger partial charge in [-0.2, -0.15) is 0 Å². The molecule has 2 heterocycles. The summed E-state index contributed by atoms with van der Waals surface area (Å²) < 4.78 is 5.47. The van der Waals surface area contributed by atoms with Crippen molar-refractivity contribution >= 4 is 41.0 Å². The standard InChI is InChI=1S/C25H32ClN3O5/c1-25(2,3)34-24(33)29-12-10-28(11-13-29)19-8-7-17-18(21(19)26)14-16(22(17)31)5-4-15-6-9-20(30)27-23(15)32/h7-8,15-16H,4-6,9-14H2,1-3H3,(H,27,30,32). The highest BCUT2D eigenvalue weighted by molar-refractivity contribution is 6.35. The van der Waals surface area contributed by atoms with Crippen LogP contribution >= 0.6 is 11.6 Å². The van der Waals surface area contributed by atoms with Crippen LogP contribution in [0, 0.1) is 11.8 Å². The monoisotopic (exact) mass is 489 g/mol. The fraction of sp³-hybridized carbons (Fsp3) is 0.600. The van der Waals surface area contributed by atoms with Crippen LogP contribution < -0.4 is 10.2 Å². The van der Waals surface area contributed by atoms with Crippen LogP contribution in [0.15, 0.2) is 12.1 Å². The van der Waals surface area contributed by atoms with Crippen molar-refractivity contribution in [2.75, 3.05) is 31.1 Å². The Morgan fingerprint density at radius 3 is 2.41 bits per heavy atom. The van der Waals surface area contributed by atoms with Gasteiger partial charge < -0.3 is 14.5 Å². The summed E-state index contributed by atoms with van der Waals surface area (Å²) in [4.78, 5) is 52.6. The molecular formula is C25H32ClN3O5. The maximum absolute atomic E-state index is 13.0. The summed E-state index contributed by atoms with van der Waals surface area (Å²) in [5.41, 5.74) is 1.88. The second-order valence-electron chi connectivity index (χ2n) is 10.4. The maximum atomic E-state index is 13.0. The highest BCUT2D eigenvalue weighted by Gasteiger charge is 2.36. The number of carbonyl (C=O) groups excluding carboxylic acids is 4. The number of ketones is 1. The first kappa shape index (κ1) is 24.5. The van der Waals surface area contributed by atoms with Crippen LogP contribution in [-0.4, -0.2) is 60.4 Å². The molecule has 2 unspecified atom stereocenters. The fourth-order valence-corrected chi connectivity index (χ4v) is 5.31. The summed E-state index contributed by atoms with van der Waals surface area (Å²) >= 11 is 6.79. The lowest BCUT2D eigenvalue weighted by Crippen LogP contribution is -2.50. The minimum Gasteiger partial charge on any atom is -0.444 e. The fourth-order valence-electron chi connectivity index (χ4n) is 4.95. The predicted octanol–water partition coefficient (Wildman–Crippen LogP) is 3.59. The number of imide groups is 1. The van der Waals surface area contributed by atoms with Crippen molar-refractivity contribution < 1.29 is 23.9 Å². The van der Waals surface area contributed by atoms with Crippen molar-refractivity contribution in [1.29, 1.82) is 0 Å². The average Bonchev–Trinajstić information content (AvgIpc) is 3.09. The number of halogens is 1. The normalized spacial score (nSPS) is 23.1. The van der Waals surface area contributed by atoms with Crippen LogP contribution in [0.1, 0.15) is 62.4 Å². The molecule has 2 aliphatic heterocycles. The molecule has 4 rings (SSSR count). The number of fused-ring (bicyclic) bond motifs is 1. The zero-order chi connectivity index (χ0) is 24.6. The maximum Gasteiger partial charge on any atom is 0.410 e. The lowest BCUT2D eigenvalue weighted by Gasteiger charge is -2.37. The molecule has 0 saturated carbocycles. The molecule has 3 aliphatic rings. The van der Waals surface area contributed by atoms with E-state index in [1.807, 2.05) is 32.9 Å². The Hall–Kier alpha value is -2.61. The number of piperazine rings is 1. The van der Waals surface area contributed by atoms with Gasteiger partial charge in [-0.3, -0.25) is 19.7 Å². The van der Waals surface area contributed by atoms with Crippen molar-refractivity contribution in [1.82, 2.24) is 10.2 Å². The summed E-state index contributed by atoms with van der Waals surface area (Å²) in [6, 6.07) is 3.75. The Bertz CT molecular complexity index is 1010. The minimum absolute atomic E-state index is 0.0745. The lowest BCUT2D eigenvalue weighted by molar-refractivity contribution is -0.136. The van der Waals surface area contributed by atoms with Gasteiger partial charge in [0.1, 0.15) is 5.60 Å². The van der Waals surface area contributed by atoms with Crippen LogP contribution in [0.3, 0.4) is 0 Å². The lowest BCUT2D eigenvalue weighted by atomic mass is 9.88. The molecular weight excluding hydrogens is 458 g/mol. The first-order valence-corrected chi connectivity index (χ1v) is 12.3. The molecule has 8 nitrogen and oxygen atoms in total. The van der Waals surface area contributed by atoms with E-state index in [2.05, 4.69) is 10.2 Å². The summed E-state index contributed by atoms with van der Waals surface area (Å²) in [7, 11) is 0. The number of piperidine rings is 1. The number of carbonyl (C=O) groups is 4. The van der Waals surface area contributed by atoms with E-state index < -0.39 is 5.60 Å². The van der Waals surface area contributed by atoms with Gasteiger partial charge in [0, 0.05) is 50.0 Å². The molecule has 184 valence electrons. The Morgan fingerprint density at radius 2 is 1.76 bits per heavy atom. The number of hydrogen-bond acceptors (Lipinski definition) is 6. The highest BCUT2D eigenvalue weighted by Crippen LogP contribution is 2.40. The Labute approximate surface area is 204 Å². The number of rotatable bonds is 4. The zero-order valence-corrected chi connectivity index (χ0v) is 20.7. The molecule has 0 aromatic heterocycles. The number of amides is 3. The second-order valence-corrected chi connectivity index (χ2v) is 10.7. The zero-order valence-electron chi connectivity index (χ0n) is 20.0. The number of anilines is 1. The third-order valence-electron chi connectivity index (χ3n) is 6.80. The predicted molar refractivity (Wildman–Crippen MR) is 128 cm³/mol. The Morgan fingerprint density at radius 1 is 1.09 bits per heavy atom. The summed E-state index contributed by atoms with van der Waals surface area (Å²) in [6.45, 7) is 7.89. The number of ether oxygens (including phenoxy) is 1. The molecule has 9 heteroatoms. The summed E-state index contributed by atoms with van der Waals surface area (Å²) in [6.07, 6.45) is 2.33. The van der Waals surface area contributed by atoms with Gasteiger partial charge >= 0.3 is 6.09 Å². The average molecular weight is 490 g/mol. The second kappa shape index (κ2) is 9.56. The van der Waals surface area contributed by atoms with E-state index in [1.165, 1.54) is 0 Å². The van der Waals surface area contributed by atoms with Crippen molar-refractivity contribution in [3.05, 3.63) is 28.3 Å². The molecule has 0 spiro atoms. The molecule has 34 heavy (non-hydrogen) atoms. The van der Waals surface area contributed by atoms with E-state index in [4.69, 9.17) is 16.3 Å². The molecule has 2 fully saturated rings. The molecule has 0 bridgehead atoms. The highest BCUT2D eigenvalue weighted by atomic mass is 35.5. The molecule has 1 N–H and O–H groups in total. The van der Waals surface area contributed by atoms with E-state index >= 15 is 0 Å². The molecule has 1 aliphatic carbocycles. The van der Waals surface area contributed by atoms with E-state index in [1.54, 1.807) is 4.90 Å². The number of hydrogen-bond donors (Lipinski definition) is 1. The minimum atomic E-state index is -0.529. The van der Waals surface area contributed by atoms with Gasteiger partial charge in [-0.05, 0) is 64.2 Å². The third kappa shape index (κ3) is 5.22. The summed E-state index contributed by atoms with van der Waals surface area (Å²) in [5, 5.41) is 2.98. The molecule has 1 aromatic rings. The van der Waals surface area contributed by atoms with Crippen molar-refractivity contribution in [3.8, 4) is 0 Å². The van der Waals surface area contributed by atoms with Crippen molar-refractivity contribution in [2.24, 2.45) is 11.8 Å². The molecule has 1 aromatic carbocycles. The van der Waals surface area contributed by atoms with Gasteiger partial charge in [0.15, 0.2) is 5.78 Å². The van der Waals surface area contributed by atoms with Gasteiger partial charge in [-0.1, -0.05) is 11.6 Å². The Balaban J connectivity index is 1.37. The molecule has 3 amide bonds. The van der Waals surface area contributed by atoms with Crippen LogP contribution in [-0.2, 0) is 20.7 Å². The van der Waals surface area contributed by atoms with Crippen LogP contribution in [0.2, 0.25) is 5.02 Å². The van der Waals surface area contributed by atoms with Gasteiger partial charge in [0.2, 0.25) is 11.8 Å². The van der Waals surface area contributed by atoms with Gasteiger partial charge in [0.05, 0.1) is 10.7 Å². The van der Waals surface area contributed by atoms with E-state index in [-0.39, 0.29) is 35.5 Å². The largest absolute Gasteiger partial charge is 0.444 e.